The van der Waals surface area contributed by atoms with Crippen molar-refractivity contribution in [3.63, 3.8) is 0 Å². The molecule has 0 aliphatic carbocycles. The van der Waals surface area contributed by atoms with Crippen molar-refractivity contribution in [2.24, 2.45) is 0 Å². The lowest BCUT2D eigenvalue weighted by atomic mass is 10.0. The first-order chi connectivity index (χ1) is 7.31. The van der Waals surface area contributed by atoms with Crippen LogP contribution in [0.25, 0.3) is 0 Å². The zero-order valence-electron chi connectivity index (χ0n) is 9.29. The lowest BCUT2D eigenvalue weighted by molar-refractivity contribution is 0.413. The standard InChI is InChI=1S/C13H17NO/c1-4-9-14-13(5-2)11-7-6-8-12(10-11)15-3/h1,6-8,10,13-14H,5,9H2,2-3H3. The number of hydrogen-bond acceptors (Lipinski definition) is 2. The lowest BCUT2D eigenvalue weighted by Gasteiger charge is -2.16. The summed E-state index contributed by atoms with van der Waals surface area (Å²) in [4.78, 5) is 0. The Bertz CT molecular complexity index is 341. The smallest absolute Gasteiger partial charge is 0.119 e. The third kappa shape index (κ3) is 3.30. The van der Waals surface area contributed by atoms with Gasteiger partial charge in [-0.1, -0.05) is 25.0 Å². The molecule has 0 radical (unpaired) electrons. The van der Waals surface area contributed by atoms with E-state index in [1.807, 2.05) is 18.2 Å². The van der Waals surface area contributed by atoms with E-state index < -0.39 is 0 Å². The molecule has 1 aromatic carbocycles. The van der Waals surface area contributed by atoms with E-state index in [0.717, 1.165) is 12.2 Å². The second kappa shape index (κ2) is 6.10. The first-order valence-electron chi connectivity index (χ1n) is 5.12. The van der Waals surface area contributed by atoms with Crippen LogP contribution in [0.2, 0.25) is 0 Å². The molecule has 0 bridgehead atoms. The molecule has 0 spiro atoms. The fourth-order valence-corrected chi connectivity index (χ4v) is 1.54. The third-order valence-corrected chi connectivity index (χ3v) is 2.35. The van der Waals surface area contributed by atoms with Crippen LogP contribution in [-0.4, -0.2) is 13.7 Å². The Kier molecular flexibility index (Phi) is 4.73. The van der Waals surface area contributed by atoms with E-state index >= 15 is 0 Å². The SMILES string of the molecule is C#CCNC(CC)c1cccc(OC)c1. The van der Waals surface area contributed by atoms with E-state index in [1.165, 1.54) is 5.56 Å². The summed E-state index contributed by atoms with van der Waals surface area (Å²) >= 11 is 0. The highest BCUT2D eigenvalue weighted by Crippen LogP contribution is 2.20. The summed E-state index contributed by atoms with van der Waals surface area (Å²) in [7, 11) is 1.68. The summed E-state index contributed by atoms with van der Waals surface area (Å²) < 4.78 is 5.19. The molecular formula is C13H17NO. The van der Waals surface area contributed by atoms with Crippen LogP contribution in [-0.2, 0) is 0 Å². The minimum atomic E-state index is 0.302. The van der Waals surface area contributed by atoms with Crippen molar-refractivity contribution in [3.8, 4) is 18.1 Å². The maximum absolute atomic E-state index is 5.23. The van der Waals surface area contributed by atoms with Crippen LogP contribution >= 0.6 is 0 Å². The van der Waals surface area contributed by atoms with Gasteiger partial charge in [0.2, 0.25) is 0 Å². The van der Waals surface area contributed by atoms with Crippen LogP contribution in [0.4, 0.5) is 0 Å². The minimum Gasteiger partial charge on any atom is -0.497 e. The fraction of sp³-hybridized carbons (Fsp3) is 0.385. The number of hydrogen-bond donors (Lipinski definition) is 1. The highest BCUT2D eigenvalue weighted by Gasteiger charge is 2.07. The van der Waals surface area contributed by atoms with E-state index in [0.29, 0.717) is 12.6 Å². The molecule has 1 aromatic rings. The normalized spacial score (nSPS) is 11.8. The van der Waals surface area contributed by atoms with Gasteiger partial charge in [-0.25, -0.2) is 0 Å². The van der Waals surface area contributed by atoms with E-state index in [1.54, 1.807) is 7.11 Å². The van der Waals surface area contributed by atoms with Gasteiger partial charge < -0.3 is 4.74 Å². The van der Waals surface area contributed by atoms with Crippen molar-refractivity contribution in [1.82, 2.24) is 5.32 Å². The van der Waals surface area contributed by atoms with Crippen molar-refractivity contribution < 1.29 is 4.74 Å². The second-order valence-corrected chi connectivity index (χ2v) is 3.32. The maximum Gasteiger partial charge on any atom is 0.119 e. The summed E-state index contributed by atoms with van der Waals surface area (Å²) in [6.07, 6.45) is 6.24. The maximum atomic E-state index is 5.23. The van der Waals surface area contributed by atoms with Gasteiger partial charge in [0.1, 0.15) is 5.75 Å². The molecule has 0 aliphatic rings. The van der Waals surface area contributed by atoms with Crippen molar-refractivity contribution in [1.29, 1.82) is 0 Å². The van der Waals surface area contributed by atoms with Crippen LogP contribution in [0.5, 0.6) is 5.75 Å². The molecule has 2 nitrogen and oxygen atoms in total. The van der Waals surface area contributed by atoms with Gasteiger partial charge in [0.05, 0.1) is 13.7 Å². The van der Waals surface area contributed by atoms with Crippen molar-refractivity contribution in [2.45, 2.75) is 19.4 Å². The Morgan fingerprint density at radius 1 is 1.53 bits per heavy atom. The Labute approximate surface area is 91.6 Å². The first-order valence-corrected chi connectivity index (χ1v) is 5.12. The number of benzene rings is 1. The molecule has 0 saturated heterocycles. The largest absolute Gasteiger partial charge is 0.497 e. The molecule has 0 aromatic heterocycles. The van der Waals surface area contributed by atoms with E-state index in [4.69, 9.17) is 11.2 Å². The molecule has 0 amide bonds. The van der Waals surface area contributed by atoms with Crippen molar-refractivity contribution >= 4 is 0 Å². The summed E-state index contributed by atoms with van der Waals surface area (Å²) in [6.45, 7) is 2.73. The van der Waals surface area contributed by atoms with Crippen LogP contribution < -0.4 is 10.1 Å². The summed E-state index contributed by atoms with van der Waals surface area (Å²) in [5, 5.41) is 3.30. The molecule has 0 fully saturated rings. The van der Waals surface area contributed by atoms with Crippen molar-refractivity contribution in [3.05, 3.63) is 29.8 Å². The second-order valence-electron chi connectivity index (χ2n) is 3.32. The average molecular weight is 203 g/mol. The van der Waals surface area contributed by atoms with Crippen molar-refractivity contribution in [2.75, 3.05) is 13.7 Å². The van der Waals surface area contributed by atoms with Crippen LogP contribution in [0.15, 0.2) is 24.3 Å². The summed E-state index contributed by atoms with van der Waals surface area (Å²) in [6, 6.07) is 8.36. The van der Waals surface area contributed by atoms with Gasteiger partial charge in [0, 0.05) is 6.04 Å². The topological polar surface area (TPSA) is 21.3 Å². The van der Waals surface area contributed by atoms with E-state index in [-0.39, 0.29) is 0 Å². The Morgan fingerprint density at radius 3 is 2.93 bits per heavy atom. The molecule has 0 saturated carbocycles. The van der Waals surface area contributed by atoms with Gasteiger partial charge >= 0.3 is 0 Å². The fourth-order valence-electron chi connectivity index (χ4n) is 1.54. The third-order valence-electron chi connectivity index (χ3n) is 2.35. The quantitative estimate of drug-likeness (QED) is 0.742. The number of rotatable bonds is 5. The van der Waals surface area contributed by atoms with Gasteiger partial charge in [-0.05, 0) is 24.1 Å². The Balaban J connectivity index is 2.77. The van der Waals surface area contributed by atoms with E-state index in [2.05, 4.69) is 24.2 Å². The first kappa shape index (κ1) is 11.6. The highest BCUT2D eigenvalue weighted by molar-refractivity contribution is 5.30. The average Bonchev–Trinajstić information content (AvgIpc) is 2.30. The molecule has 1 rings (SSSR count). The molecule has 15 heavy (non-hydrogen) atoms. The van der Waals surface area contributed by atoms with Gasteiger partial charge in [-0.15, -0.1) is 6.42 Å². The van der Waals surface area contributed by atoms with Crippen LogP contribution in [0.1, 0.15) is 24.9 Å². The Hall–Kier alpha value is -1.46. The number of terminal acetylenes is 1. The molecule has 1 unspecified atom stereocenters. The lowest BCUT2D eigenvalue weighted by Crippen LogP contribution is -2.20. The van der Waals surface area contributed by atoms with Gasteiger partial charge in [0.25, 0.3) is 0 Å². The molecule has 80 valence electrons. The highest BCUT2D eigenvalue weighted by atomic mass is 16.5. The zero-order chi connectivity index (χ0) is 11.1. The summed E-state index contributed by atoms with van der Waals surface area (Å²) in [5.41, 5.74) is 1.21. The number of methoxy groups -OCH3 is 1. The molecule has 1 atom stereocenters. The predicted octanol–water partition coefficient (Wildman–Crippen LogP) is 2.37. The predicted molar refractivity (Wildman–Crippen MR) is 62.9 cm³/mol. The molecule has 0 heterocycles. The monoisotopic (exact) mass is 203 g/mol. The van der Waals surface area contributed by atoms with Gasteiger partial charge in [0.15, 0.2) is 0 Å². The van der Waals surface area contributed by atoms with Crippen LogP contribution in [0.3, 0.4) is 0 Å². The number of nitrogens with one attached hydrogen (secondary N) is 1. The molecule has 0 aliphatic heterocycles. The van der Waals surface area contributed by atoms with E-state index in [9.17, 15) is 0 Å². The minimum absolute atomic E-state index is 0.302. The number of ether oxygens (including phenoxy) is 1. The van der Waals surface area contributed by atoms with Gasteiger partial charge in [-0.2, -0.15) is 0 Å². The molecule has 1 N–H and O–H groups in total. The molecular weight excluding hydrogens is 186 g/mol. The van der Waals surface area contributed by atoms with Crippen LogP contribution in [0, 0.1) is 12.3 Å². The Morgan fingerprint density at radius 2 is 2.33 bits per heavy atom. The zero-order valence-corrected chi connectivity index (χ0v) is 9.29. The molecule has 2 heteroatoms. The van der Waals surface area contributed by atoms with Gasteiger partial charge in [-0.3, -0.25) is 5.32 Å². The summed E-state index contributed by atoms with van der Waals surface area (Å²) in [5.74, 6) is 3.47.